The van der Waals surface area contributed by atoms with Crippen LogP contribution >= 0.6 is 11.6 Å². The maximum atomic E-state index is 13.6. The van der Waals surface area contributed by atoms with E-state index in [9.17, 15) is 13.2 Å². The Balaban J connectivity index is 2.21. The Bertz CT molecular complexity index is 412. The second-order valence-corrected chi connectivity index (χ2v) is 5.41. The Morgan fingerprint density at radius 3 is 2.06 bits per heavy atom. The Morgan fingerprint density at radius 2 is 1.44 bits per heavy atom. The molecule has 0 aliphatic heterocycles. The average Bonchev–Trinajstić information content (AvgIpc) is 2.61. The maximum absolute atomic E-state index is 13.6. The Labute approximate surface area is 110 Å². The fourth-order valence-electron chi connectivity index (χ4n) is 2.61. The van der Waals surface area contributed by atoms with Gasteiger partial charge in [0.25, 0.3) is 0 Å². The lowest BCUT2D eigenvalue weighted by atomic mass is 9.91. The number of halogens is 4. The highest BCUT2D eigenvalue weighted by Crippen LogP contribution is 2.39. The van der Waals surface area contributed by atoms with Crippen molar-refractivity contribution in [1.29, 1.82) is 0 Å². The van der Waals surface area contributed by atoms with Gasteiger partial charge in [0.15, 0.2) is 11.6 Å². The van der Waals surface area contributed by atoms with Gasteiger partial charge in [-0.3, -0.25) is 0 Å². The van der Waals surface area contributed by atoms with Gasteiger partial charge in [-0.05, 0) is 24.8 Å². The average molecular weight is 277 g/mol. The number of hydrogen-bond acceptors (Lipinski definition) is 0. The normalized spacial score (nSPS) is 19.6. The number of alkyl halides is 1. The summed E-state index contributed by atoms with van der Waals surface area (Å²) in [6.45, 7) is 0. The van der Waals surface area contributed by atoms with Crippen molar-refractivity contribution >= 4 is 11.6 Å². The van der Waals surface area contributed by atoms with Gasteiger partial charge in [0, 0.05) is 11.6 Å². The highest BCUT2D eigenvalue weighted by molar-refractivity contribution is 6.21. The second kappa shape index (κ2) is 5.96. The largest absolute Gasteiger partial charge is 0.207 e. The molecule has 0 aromatic heterocycles. The van der Waals surface area contributed by atoms with Crippen molar-refractivity contribution in [3.63, 3.8) is 0 Å². The van der Waals surface area contributed by atoms with E-state index in [-0.39, 0.29) is 11.5 Å². The van der Waals surface area contributed by atoms with Crippen LogP contribution in [0.1, 0.15) is 49.5 Å². The van der Waals surface area contributed by atoms with Gasteiger partial charge in [-0.2, -0.15) is 0 Å². The Hall–Kier alpha value is -0.700. The van der Waals surface area contributed by atoms with E-state index in [2.05, 4.69) is 0 Å². The molecule has 0 amide bonds. The van der Waals surface area contributed by atoms with Gasteiger partial charge >= 0.3 is 0 Å². The molecular weight excluding hydrogens is 261 g/mol. The minimum absolute atomic E-state index is 0.0856. The van der Waals surface area contributed by atoms with Crippen LogP contribution in [0.5, 0.6) is 0 Å². The molecule has 0 nitrogen and oxygen atoms in total. The first-order chi connectivity index (χ1) is 8.59. The van der Waals surface area contributed by atoms with Crippen molar-refractivity contribution in [2.45, 2.75) is 43.9 Å². The molecule has 0 saturated heterocycles. The predicted octanol–water partition coefficient (Wildman–Crippen LogP) is 5.35. The summed E-state index contributed by atoms with van der Waals surface area (Å²) in [4.78, 5) is 0. The molecule has 100 valence electrons. The van der Waals surface area contributed by atoms with Crippen LogP contribution in [-0.4, -0.2) is 0 Å². The van der Waals surface area contributed by atoms with Crippen molar-refractivity contribution in [3.8, 4) is 0 Å². The van der Waals surface area contributed by atoms with Crippen LogP contribution in [0.15, 0.2) is 12.1 Å². The van der Waals surface area contributed by atoms with E-state index >= 15 is 0 Å². The quantitative estimate of drug-likeness (QED) is 0.388. The summed E-state index contributed by atoms with van der Waals surface area (Å²) >= 11 is 6.26. The molecule has 1 aliphatic rings. The van der Waals surface area contributed by atoms with E-state index in [1.165, 1.54) is 12.8 Å². The monoisotopic (exact) mass is 276 g/mol. The first kappa shape index (κ1) is 13.7. The third kappa shape index (κ3) is 3.00. The third-order valence-corrected chi connectivity index (χ3v) is 4.24. The van der Waals surface area contributed by atoms with Gasteiger partial charge in [0.1, 0.15) is 5.82 Å². The molecule has 1 unspecified atom stereocenters. The van der Waals surface area contributed by atoms with Crippen molar-refractivity contribution in [1.82, 2.24) is 0 Å². The minimum Gasteiger partial charge on any atom is -0.207 e. The summed E-state index contributed by atoms with van der Waals surface area (Å²) in [5.74, 6) is -2.81. The molecule has 1 atom stereocenters. The summed E-state index contributed by atoms with van der Waals surface area (Å²) in [5, 5.41) is -0.571. The molecule has 1 aliphatic carbocycles. The fourth-order valence-corrected chi connectivity index (χ4v) is 3.03. The Kier molecular flexibility index (Phi) is 4.55. The predicted molar refractivity (Wildman–Crippen MR) is 66.1 cm³/mol. The molecule has 1 aromatic rings. The van der Waals surface area contributed by atoms with Crippen molar-refractivity contribution in [2.75, 3.05) is 0 Å². The molecule has 1 fully saturated rings. The van der Waals surface area contributed by atoms with Gasteiger partial charge in [-0.25, -0.2) is 13.2 Å². The van der Waals surface area contributed by atoms with E-state index in [0.717, 1.165) is 31.7 Å². The zero-order valence-electron chi connectivity index (χ0n) is 10.1. The van der Waals surface area contributed by atoms with E-state index < -0.39 is 22.8 Å². The molecule has 0 radical (unpaired) electrons. The molecule has 1 aromatic carbocycles. The lowest BCUT2D eigenvalue weighted by molar-refractivity contribution is 0.427. The van der Waals surface area contributed by atoms with Crippen LogP contribution in [0.25, 0.3) is 0 Å². The molecule has 0 bridgehead atoms. The summed E-state index contributed by atoms with van der Waals surface area (Å²) in [6, 6.07) is 1.48. The van der Waals surface area contributed by atoms with Gasteiger partial charge < -0.3 is 0 Å². The molecule has 0 N–H and O–H groups in total. The number of hydrogen-bond donors (Lipinski definition) is 0. The van der Waals surface area contributed by atoms with Crippen LogP contribution in [0, 0.1) is 23.4 Å². The van der Waals surface area contributed by atoms with Gasteiger partial charge in [-0.15, -0.1) is 11.6 Å². The van der Waals surface area contributed by atoms with E-state index in [0.29, 0.717) is 6.07 Å². The zero-order chi connectivity index (χ0) is 13.1. The molecular formula is C14H16ClF3. The van der Waals surface area contributed by atoms with Crippen LogP contribution in [-0.2, 0) is 0 Å². The highest BCUT2D eigenvalue weighted by Gasteiger charge is 2.25. The highest BCUT2D eigenvalue weighted by atomic mass is 35.5. The molecule has 2 rings (SSSR count). The van der Waals surface area contributed by atoms with Crippen LogP contribution in [0.4, 0.5) is 13.2 Å². The number of rotatable bonds is 2. The summed E-state index contributed by atoms with van der Waals surface area (Å²) < 4.78 is 39.7. The van der Waals surface area contributed by atoms with Gasteiger partial charge in [0.2, 0.25) is 0 Å². The minimum atomic E-state index is -1.17. The standard InChI is InChI=1S/C14H16ClF3/c15-14(9-5-3-1-2-4-6-9)10-7-12(17)13(18)8-11(10)16/h7-9,14H,1-6H2. The van der Waals surface area contributed by atoms with E-state index in [1.54, 1.807) is 0 Å². The summed E-state index contributed by atoms with van der Waals surface area (Å²) in [5.41, 5.74) is 0.0856. The van der Waals surface area contributed by atoms with E-state index in [4.69, 9.17) is 11.6 Å². The topological polar surface area (TPSA) is 0 Å². The molecule has 0 heterocycles. The van der Waals surface area contributed by atoms with Crippen molar-refractivity contribution in [3.05, 3.63) is 35.1 Å². The first-order valence-electron chi connectivity index (χ1n) is 6.38. The lowest BCUT2D eigenvalue weighted by Crippen LogP contribution is -2.10. The first-order valence-corrected chi connectivity index (χ1v) is 6.81. The maximum Gasteiger partial charge on any atom is 0.161 e. The van der Waals surface area contributed by atoms with E-state index in [1.807, 2.05) is 0 Å². The lowest BCUT2D eigenvalue weighted by Gasteiger charge is -2.21. The Morgan fingerprint density at radius 1 is 0.889 bits per heavy atom. The second-order valence-electron chi connectivity index (χ2n) is 4.94. The summed E-state index contributed by atoms with van der Waals surface area (Å²) in [6.07, 6.45) is 6.32. The third-order valence-electron chi connectivity index (χ3n) is 3.65. The number of benzene rings is 1. The smallest absolute Gasteiger partial charge is 0.161 e. The SMILES string of the molecule is Fc1cc(F)c(C(Cl)C2CCCCCC2)cc1F. The zero-order valence-corrected chi connectivity index (χ0v) is 10.8. The van der Waals surface area contributed by atoms with Crippen LogP contribution in [0.3, 0.4) is 0 Å². The molecule has 4 heteroatoms. The summed E-state index contributed by atoms with van der Waals surface area (Å²) in [7, 11) is 0. The van der Waals surface area contributed by atoms with Crippen LogP contribution < -0.4 is 0 Å². The van der Waals surface area contributed by atoms with Gasteiger partial charge in [-0.1, -0.05) is 25.7 Å². The van der Waals surface area contributed by atoms with Crippen LogP contribution in [0.2, 0.25) is 0 Å². The molecule has 0 spiro atoms. The molecule has 18 heavy (non-hydrogen) atoms. The van der Waals surface area contributed by atoms with Crippen molar-refractivity contribution < 1.29 is 13.2 Å². The van der Waals surface area contributed by atoms with Crippen molar-refractivity contribution in [2.24, 2.45) is 5.92 Å². The fraction of sp³-hybridized carbons (Fsp3) is 0.571. The van der Waals surface area contributed by atoms with Gasteiger partial charge in [0.05, 0.1) is 5.38 Å². The molecule has 1 saturated carbocycles.